The third-order valence-corrected chi connectivity index (χ3v) is 11.9. The van der Waals surface area contributed by atoms with Crippen LogP contribution < -0.4 is 9.64 Å². The van der Waals surface area contributed by atoms with Crippen molar-refractivity contribution in [3.05, 3.63) is 93.1 Å². The van der Waals surface area contributed by atoms with E-state index in [1.165, 1.54) is 0 Å². The minimum atomic E-state index is -3.46. The normalized spacial score (nSPS) is 23.1. The van der Waals surface area contributed by atoms with E-state index in [0.29, 0.717) is 30.1 Å². The van der Waals surface area contributed by atoms with Gasteiger partial charge in [-0.05, 0) is 77.1 Å². The van der Waals surface area contributed by atoms with Gasteiger partial charge in [-0.3, -0.25) is 9.59 Å². The van der Waals surface area contributed by atoms with Crippen molar-refractivity contribution in [1.29, 1.82) is 0 Å². The predicted octanol–water partition coefficient (Wildman–Crippen LogP) is 6.03. The van der Waals surface area contributed by atoms with Crippen molar-refractivity contribution in [2.45, 2.75) is 56.8 Å². The Bertz CT molecular complexity index is 1470. The Morgan fingerprint density at radius 2 is 1.81 bits per heavy atom. The highest BCUT2D eigenvalue weighted by Crippen LogP contribution is 2.60. The van der Waals surface area contributed by atoms with E-state index in [-0.39, 0.29) is 31.4 Å². The van der Waals surface area contributed by atoms with Crippen LogP contribution in [0.4, 0.5) is 9.80 Å². The molecule has 1 N–H and O–H groups in total. The van der Waals surface area contributed by atoms with Gasteiger partial charge in [-0.2, -0.15) is 0 Å². The Hall–Kier alpha value is -2.80. The van der Waals surface area contributed by atoms with Crippen LogP contribution >= 0.6 is 22.6 Å². The van der Waals surface area contributed by atoms with E-state index < -0.39 is 31.6 Å². The Balaban J connectivity index is 1.52. The second-order valence-corrected chi connectivity index (χ2v) is 16.9. The van der Waals surface area contributed by atoms with Gasteiger partial charge in [0.2, 0.25) is 14.3 Å². The fourth-order valence-corrected chi connectivity index (χ4v) is 9.65. The van der Waals surface area contributed by atoms with Crippen LogP contribution in [-0.4, -0.2) is 56.6 Å². The second kappa shape index (κ2) is 12.7. The summed E-state index contributed by atoms with van der Waals surface area (Å²) in [6.07, 6.45) is -0.902. The number of carbonyl (C=O) groups excluding carboxylic acids is 2. The van der Waals surface area contributed by atoms with Crippen molar-refractivity contribution < 1.29 is 28.3 Å². The average molecular weight is 717 g/mol. The SMILES string of the molecule is COc1ccc2c(c1)[C@@]1(O[C@H](CC(=O)N(CCO)Cc3ccccc3)[C@@H]([Si](C)(C)F)[C@@H]1C)C(=O)N2Cc1ccc(I)cc1. The highest BCUT2D eigenvalue weighted by atomic mass is 127. The number of hydrogen-bond donors (Lipinski definition) is 1. The van der Waals surface area contributed by atoms with Crippen molar-refractivity contribution in [2.75, 3.05) is 25.2 Å². The smallest absolute Gasteiger partial charge is 0.264 e. The number of halogens is 2. The van der Waals surface area contributed by atoms with Crippen LogP contribution in [-0.2, 0) is 33.0 Å². The van der Waals surface area contributed by atoms with Crippen LogP contribution in [0.3, 0.4) is 0 Å². The number of hydrogen-bond acceptors (Lipinski definition) is 5. The molecule has 1 fully saturated rings. The fraction of sp³-hybridized carbons (Fsp3) is 0.394. The zero-order valence-corrected chi connectivity index (χ0v) is 28.1. The average Bonchev–Trinajstić information content (AvgIpc) is 3.40. The molecule has 1 spiro atoms. The quantitative estimate of drug-likeness (QED) is 0.158. The molecule has 0 saturated carbocycles. The lowest BCUT2D eigenvalue weighted by Crippen LogP contribution is -2.45. The standard InChI is InChI=1S/C33H38FIN2O5Si/c1-22-31(43(3,4)34)29(19-30(39)36(16-17-38)20-23-8-6-5-7-9-23)42-33(22)27-18-26(41-2)14-15-28(27)37(32(33)40)21-24-10-12-25(35)13-11-24/h5-15,18,22,29,31,38H,16-17,19-21H2,1-4H3/t22-,29+,31-,33+/m0/s1. The molecule has 4 atom stereocenters. The Labute approximate surface area is 267 Å². The molecule has 3 aromatic carbocycles. The third kappa shape index (κ3) is 6.11. The van der Waals surface area contributed by atoms with Crippen LogP contribution in [0, 0.1) is 9.49 Å². The highest BCUT2D eigenvalue weighted by molar-refractivity contribution is 14.1. The van der Waals surface area contributed by atoms with Crippen LogP contribution in [0.15, 0.2) is 72.8 Å². The van der Waals surface area contributed by atoms with Crippen LogP contribution in [0.2, 0.25) is 18.6 Å². The summed E-state index contributed by atoms with van der Waals surface area (Å²) in [5.41, 5.74) is 1.15. The molecule has 228 valence electrons. The number of nitrogens with zero attached hydrogens (tertiary/aromatic N) is 2. The molecule has 2 heterocycles. The summed E-state index contributed by atoms with van der Waals surface area (Å²) >= 11 is 2.25. The van der Waals surface area contributed by atoms with Gasteiger partial charge in [0.25, 0.3) is 5.91 Å². The van der Waals surface area contributed by atoms with Crippen molar-refractivity contribution in [3.63, 3.8) is 0 Å². The zero-order valence-electron chi connectivity index (χ0n) is 24.9. The minimum absolute atomic E-state index is 0.0896. The summed E-state index contributed by atoms with van der Waals surface area (Å²) in [5.74, 6) is -0.459. The molecule has 5 rings (SSSR count). The van der Waals surface area contributed by atoms with E-state index in [4.69, 9.17) is 9.47 Å². The van der Waals surface area contributed by atoms with Crippen molar-refractivity contribution in [1.82, 2.24) is 4.90 Å². The molecule has 0 aliphatic carbocycles. The van der Waals surface area contributed by atoms with E-state index in [0.717, 1.165) is 14.7 Å². The topological polar surface area (TPSA) is 79.3 Å². The molecule has 0 radical (unpaired) electrons. The van der Waals surface area contributed by atoms with Crippen molar-refractivity contribution in [3.8, 4) is 5.75 Å². The summed E-state index contributed by atoms with van der Waals surface area (Å²) in [5, 5.41) is 9.73. The molecule has 0 unspecified atom stereocenters. The largest absolute Gasteiger partial charge is 0.497 e. The Kier molecular flexibility index (Phi) is 9.31. The number of aliphatic hydroxyl groups is 1. The van der Waals surface area contributed by atoms with Gasteiger partial charge >= 0.3 is 0 Å². The van der Waals surface area contributed by atoms with Gasteiger partial charge in [0.15, 0.2) is 5.60 Å². The van der Waals surface area contributed by atoms with Gasteiger partial charge in [-0.15, -0.1) is 0 Å². The van der Waals surface area contributed by atoms with Crippen molar-refractivity contribution in [2.24, 2.45) is 5.92 Å². The van der Waals surface area contributed by atoms with E-state index >= 15 is 4.11 Å². The molecular weight excluding hydrogens is 678 g/mol. The third-order valence-electron chi connectivity index (χ3n) is 8.74. The summed E-state index contributed by atoms with van der Waals surface area (Å²) in [6.45, 7) is 5.73. The molecule has 43 heavy (non-hydrogen) atoms. The monoisotopic (exact) mass is 716 g/mol. The van der Waals surface area contributed by atoms with E-state index in [1.807, 2.05) is 79.7 Å². The van der Waals surface area contributed by atoms with Gasteiger partial charge in [-0.25, -0.2) is 0 Å². The van der Waals surface area contributed by atoms with E-state index in [1.54, 1.807) is 30.0 Å². The number of benzene rings is 3. The van der Waals surface area contributed by atoms with Gasteiger partial charge in [-0.1, -0.05) is 49.4 Å². The highest BCUT2D eigenvalue weighted by Gasteiger charge is 2.67. The maximum absolute atomic E-state index is 16.3. The number of aliphatic hydroxyl groups excluding tert-OH is 1. The molecule has 7 nitrogen and oxygen atoms in total. The number of anilines is 1. The predicted molar refractivity (Wildman–Crippen MR) is 175 cm³/mol. The Morgan fingerprint density at radius 1 is 1.12 bits per heavy atom. The lowest BCUT2D eigenvalue weighted by Gasteiger charge is -2.31. The van der Waals surface area contributed by atoms with Crippen LogP contribution in [0.1, 0.15) is 30.0 Å². The van der Waals surface area contributed by atoms with Gasteiger partial charge in [0, 0.05) is 33.7 Å². The maximum atomic E-state index is 16.3. The first-order valence-corrected chi connectivity index (χ1v) is 18.6. The van der Waals surface area contributed by atoms with Crippen molar-refractivity contribution >= 4 is 48.5 Å². The minimum Gasteiger partial charge on any atom is -0.497 e. The number of rotatable bonds is 10. The maximum Gasteiger partial charge on any atom is 0.264 e. The molecular formula is C33H38FIN2O5Si. The second-order valence-electron chi connectivity index (χ2n) is 11.9. The number of fused-ring (bicyclic) bond motifs is 2. The lowest BCUT2D eigenvalue weighted by atomic mass is 9.82. The molecule has 0 aromatic heterocycles. The van der Waals surface area contributed by atoms with Crippen LogP contribution in [0.25, 0.3) is 0 Å². The molecule has 2 amide bonds. The van der Waals surface area contributed by atoms with Crippen LogP contribution in [0.5, 0.6) is 5.75 Å². The van der Waals surface area contributed by atoms with E-state index in [2.05, 4.69) is 22.6 Å². The Morgan fingerprint density at radius 3 is 2.44 bits per heavy atom. The number of ether oxygens (including phenoxy) is 2. The number of carbonyl (C=O) groups is 2. The van der Waals surface area contributed by atoms with Gasteiger partial charge in [0.1, 0.15) is 5.75 Å². The summed E-state index contributed by atoms with van der Waals surface area (Å²) in [6, 6.07) is 23.0. The molecule has 10 heteroatoms. The van der Waals surface area contributed by atoms with Gasteiger partial charge < -0.3 is 28.5 Å². The first kappa shape index (κ1) is 31.6. The molecule has 3 aromatic rings. The molecule has 2 aliphatic heterocycles. The molecule has 2 aliphatic rings. The zero-order chi connectivity index (χ0) is 30.9. The van der Waals surface area contributed by atoms with Gasteiger partial charge in [0.05, 0.1) is 38.5 Å². The summed E-state index contributed by atoms with van der Waals surface area (Å²) < 4.78 is 29.7. The van der Waals surface area contributed by atoms with E-state index in [9.17, 15) is 14.7 Å². The number of amides is 2. The lowest BCUT2D eigenvalue weighted by molar-refractivity contribution is -0.150. The first-order chi connectivity index (χ1) is 20.5. The molecule has 1 saturated heterocycles. The summed E-state index contributed by atoms with van der Waals surface area (Å²) in [7, 11) is -1.89. The number of methoxy groups -OCH3 is 1. The molecule has 0 bridgehead atoms. The summed E-state index contributed by atoms with van der Waals surface area (Å²) in [4.78, 5) is 31.6. The first-order valence-electron chi connectivity index (χ1n) is 14.5. The fourth-order valence-electron chi connectivity index (χ4n) is 6.80.